The third-order valence-electron chi connectivity index (χ3n) is 3.33. The van der Waals surface area contributed by atoms with Crippen LogP contribution in [0.4, 0.5) is 10.1 Å². The van der Waals surface area contributed by atoms with Crippen molar-refractivity contribution in [2.24, 2.45) is 5.10 Å². The Morgan fingerprint density at radius 3 is 2.52 bits per heavy atom. The van der Waals surface area contributed by atoms with Crippen LogP contribution in [0.25, 0.3) is 0 Å². The van der Waals surface area contributed by atoms with Crippen molar-refractivity contribution in [3.05, 3.63) is 64.4 Å². The fraction of sp³-hybridized carbons (Fsp3) is 0.167. The van der Waals surface area contributed by atoms with E-state index in [-0.39, 0.29) is 24.6 Å². The zero-order chi connectivity index (χ0) is 18.2. The van der Waals surface area contributed by atoms with Crippen LogP contribution in [0.2, 0.25) is 5.02 Å². The van der Waals surface area contributed by atoms with Gasteiger partial charge in [-0.15, -0.1) is 0 Å². The molecular weight excluding hydrogens is 345 g/mol. The van der Waals surface area contributed by atoms with E-state index >= 15 is 0 Å². The van der Waals surface area contributed by atoms with Crippen molar-refractivity contribution >= 4 is 35.3 Å². The lowest BCUT2D eigenvalue weighted by molar-refractivity contribution is -0.124. The number of nitrogens with zero attached hydrogens (tertiary/aromatic N) is 1. The summed E-state index contributed by atoms with van der Waals surface area (Å²) in [6.45, 7) is 1.85. The van der Waals surface area contributed by atoms with E-state index in [2.05, 4.69) is 15.8 Å². The number of rotatable bonds is 6. The normalized spacial score (nSPS) is 10.7. The van der Waals surface area contributed by atoms with Crippen LogP contribution >= 0.6 is 11.6 Å². The first-order valence-corrected chi connectivity index (χ1v) is 7.95. The fourth-order valence-corrected chi connectivity index (χ4v) is 2.12. The molecule has 2 N–H and O–H groups in total. The third kappa shape index (κ3) is 6.35. The van der Waals surface area contributed by atoms with E-state index in [1.165, 1.54) is 30.5 Å². The molecule has 5 nitrogen and oxygen atoms in total. The van der Waals surface area contributed by atoms with Gasteiger partial charge in [0.25, 0.3) is 0 Å². The van der Waals surface area contributed by atoms with E-state index in [9.17, 15) is 14.0 Å². The highest BCUT2D eigenvalue weighted by Gasteiger charge is 2.08. The van der Waals surface area contributed by atoms with Gasteiger partial charge in [0.15, 0.2) is 0 Å². The molecule has 0 spiro atoms. The van der Waals surface area contributed by atoms with E-state index < -0.39 is 5.91 Å². The second-order valence-corrected chi connectivity index (χ2v) is 5.79. The van der Waals surface area contributed by atoms with Crippen LogP contribution in [0.3, 0.4) is 0 Å². The van der Waals surface area contributed by atoms with Gasteiger partial charge in [0.05, 0.1) is 6.21 Å². The summed E-state index contributed by atoms with van der Waals surface area (Å²) in [6.07, 6.45) is 1.41. The lowest BCUT2D eigenvalue weighted by Gasteiger charge is -2.08. The van der Waals surface area contributed by atoms with E-state index in [1.807, 2.05) is 6.92 Å². The molecular formula is C18H17ClFN3O2. The zero-order valence-electron chi connectivity index (χ0n) is 13.6. The predicted octanol–water partition coefficient (Wildman–Crippen LogP) is 3.66. The van der Waals surface area contributed by atoms with Crippen molar-refractivity contribution in [1.82, 2.24) is 5.43 Å². The Balaban J connectivity index is 1.76. The molecule has 130 valence electrons. The van der Waals surface area contributed by atoms with E-state index in [0.717, 1.165) is 5.56 Å². The Morgan fingerprint density at radius 1 is 1.12 bits per heavy atom. The summed E-state index contributed by atoms with van der Waals surface area (Å²) in [4.78, 5) is 23.6. The molecule has 0 atom stereocenters. The molecule has 2 amide bonds. The third-order valence-corrected chi connectivity index (χ3v) is 3.56. The van der Waals surface area contributed by atoms with Crippen LogP contribution in [0, 0.1) is 12.7 Å². The first kappa shape index (κ1) is 18.6. The number of carbonyl (C=O) groups is 2. The smallest absolute Gasteiger partial charge is 0.240 e. The van der Waals surface area contributed by atoms with Gasteiger partial charge in [0.2, 0.25) is 11.8 Å². The Morgan fingerprint density at radius 2 is 1.80 bits per heavy atom. The van der Waals surface area contributed by atoms with Gasteiger partial charge in [0, 0.05) is 23.6 Å². The molecule has 0 aliphatic carbocycles. The fourth-order valence-electron chi connectivity index (χ4n) is 1.95. The van der Waals surface area contributed by atoms with Gasteiger partial charge in [-0.05, 0) is 42.3 Å². The quantitative estimate of drug-likeness (QED) is 0.609. The van der Waals surface area contributed by atoms with Gasteiger partial charge < -0.3 is 5.32 Å². The van der Waals surface area contributed by atoms with Crippen molar-refractivity contribution in [1.29, 1.82) is 0 Å². The van der Waals surface area contributed by atoms with Crippen molar-refractivity contribution < 1.29 is 14.0 Å². The molecule has 0 aliphatic heterocycles. The predicted molar refractivity (Wildman–Crippen MR) is 96.2 cm³/mol. The minimum atomic E-state index is -0.392. The average molecular weight is 362 g/mol. The number of benzene rings is 2. The molecule has 0 aromatic heterocycles. The molecule has 2 aromatic rings. The first-order valence-electron chi connectivity index (χ1n) is 7.57. The molecule has 0 unspecified atom stereocenters. The summed E-state index contributed by atoms with van der Waals surface area (Å²) in [5, 5.41) is 7.00. The monoisotopic (exact) mass is 361 g/mol. The van der Waals surface area contributed by atoms with E-state index in [0.29, 0.717) is 16.3 Å². The van der Waals surface area contributed by atoms with Crippen LogP contribution in [-0.4, -0.2) is 18.0 Å². The summed E-state index contributed by atoms with van der Waals surface area (Å²) in [5.74, 6) is -1.03. The van der Waals surface area contributed by atoms with Crippen LogP contribution < -0.4 is 10.7 Å². The number of carbonyl (C=O) groups excluding carboxylic acids is 2. The Hall–Kier alpha value is -2.73. The number of hydrogen-bond donors (Lipinski definition) is 2. The Bertz CT molecular complexity index is 791. The van der Waals surface area contributed by atoms with Crippen molar-refractivity contribution in [2.45, 2.75) is 19.8 Å². The molecule has 0 fully saturated rings. The SMILES string of the molecule is Cc1ccc(Cl)cc1NC(=O)CCC(=O)N/N=C\c1ccc(F)cc1. The molecule has 25 heavy (non-hydrogen) atoms. The van der Waals surface area contributed by atoms with Gasteiger partial charge >= 0.3 is 0 Å². The van der Waals surface area contributed by atoms with Crippen LogP contribution in [0.15, 0.2) is 47.6 Å². The molecule has 2 rings (SSSR count). The number of nitrogens with one attached hydrogen (secondary N) is 2. The van der Waals surface area contributed by atoms with Gasteiger partial charge in [0.1, 0.15) is 5.82 Å². The summed E-state index contributed by atoms with van der Waals surface area (Å²) < 4.78 is 12.8. The van der Waals surface area contributed by atoms with Gasteiger partial charge in [-0.1, -0.05) is 29.8 Å². The molecule has 0 saturated carbocycles. The number of amides is 2. The maximum absolute atomic E-state index is 12.8. The number of anilines is 1. The first-order chi connectivity index (χ1) is 11.9. The molecule has 0 radical (unpaired) electrons. The topological polar surface area (TPSA) is 70.6 Å². The molecule has 0 heterocycles. The van der Waals surface area contributed by atoms with Gasteiger partial charge in [-0.25, -0.2) is 9.82 Å². The Kier molecular flexibility index (Phi) is 6.65. The summed E-state index contributed by atoms with van der Waals surface area (Å²) in [5.41, 5.74) is 4.47. The molecule has 0 saturated heterocycles. The average Bonchev–Trinajstić information content (AvgIpc) is 2.58. The zero-order valence-corrected chi connectivity index (χ0v) is 14.3. The van der Waals surface area contributed by atoms with Gasteiger partial charge in [-0.3, -0.25) is 9.59 Å². The lowest BCUT2D eigenvalue weighted by Crippen LogP contribution is -2.20. The standard InChI is InChI=1S/C18H17ClFN3O2/c1-12-2-5-14(19)10-16(12)22-17(24)8-9-18(25)23-21-11-13-3-6-15(20)7-4-13/h2-7,10-11H,8-9H2,1H3,(H,22,24)(H,23,25)/b21-11-. The Labute approximate surface area is 149 Å². The second kappa shape index (κ2) is 8.94. The molecule has 0 bridgehead atoms. The number of aryl methyl sites for hydroxylation is 1. The van der Waals surface area contributed by atoms with Gasteiger partial charge in [-0.2, -0.15) is 5.10 Å². The number of hydrogen-bond acceptors (Lipinski definition) is 3. The minimum Gasteiger partial charge on any atom is -0.326 e. The largest absolute Gasteiger partial charge is 0.326 e. The maximum atomic E-state index is 12.8. The van der Waals surface area contributed by atoms with Crippen molar-refractivity contribution in [3.8, 4) is 0 Å². The van der Waals surface area contributed by atoms with E-state index in [4.69, 9.17) is 11.6 Å². The lowest BCUT2D eigenvalue weighted by atomic mass is 10.2. The molecule has 2 aromatic carbocycles. The minimum absolute atomic E-state index is 0.00773. The summed E-state index contributed by atoms with van der Waals surface area (Å²) in [7, 11) is 0. The highest BCUT2D eigenvalue weighted by atomic mass is 35.5. The molecule has 0 aliphatic rings. The van der Waals surface area contributed by atoms with Crippen LogP contribution in [-0.2, 0) is 9.59 Å². The molecule has 7 heteroatoms. The van der Waals surface area contributed by atoms with Crippen molar-refractivity contribution in [3.63, 3.8) is 0 Å². The van der Waals surface area contributed by atoms with Crippen molar-refractivity contribution in [2.75, 3.05) is 5.32 Å². The second-order valence-electron chi connectivity index (χ2n) is 5.35. The highest BCUT2D eigenvalue weighted by Crippen LogP contribution is 2.20. The summed E-state index contributed by atoms with van der Waals surface area (Å²) in [6, 6.07) is 10.9. The van der Waals surface area contributed by atoms with Crippen LogP contribution in [0.1, 0.15) is 24.0 Å². The number of hydrazone groups is 1. The van der Waals surface area contributed by atoms with Crippen LogP contribution in [0.5, 0.6) is 0 Å². The van der Waals surface area contributed by atoms with E-state index in [1.54, 1.807) is 18.2 Å². The highest BCUT2D eigenvalue weighted by molar-refractivity contribution is 6.31. The number of halogens is 2. The summed E-state index contributed by atoms with van der Waals surface area (Å²) >= 11 is 5.89. The maximum Gasteiger partial charge on any atom is 0.240 e.